The second-order valence-corrected chi connectivity index (χ2v) is 7.13. The molecule has 3 aromatic carbocycles. The first kappa shape index (κ1) is 19.2. The summed E-state index contributed by atoms with van der Waals surface area (Å²) in [5, 5.41) is 5.93. The summed E-state index contributed by atoms with van der Waals surface area (Å²) < 4.78 is 5.27. The van der Waals surface area contributed by atoms with E-state index < -0.39 is 0 Å². The minimum Gasteiger partial charge on any atom is -0.497 e. The molecule has 0 spiro atoms. The Bertz CT molecular complexity index is 942. The van der Waals surface area contributed by atoms with Gasteiger partial charge in [0.1, 0.15) is 12.3 Å². The number of halogens is 1. The molecule has 0 radical (unpaired) electrons. The van der Waals surface area contributed by atoms with E-state index in [0.717, 1.165) is 28.1 Å². The van der Waals surface area contributed by atoms with Gasteiger partial charge in [0.15, 0.2) is 6.54 Å². The van der Waals surface area contributed by atoms with E-state index in [4.69, 9.17) is 16.3 Å². The zero-order valence-electron chi connectivity index (χ0n) is 15.6. The van der Waals surface area contributed by atoms with E-state index in [1.54, 1.807) is 7.11 Å². The predicted molar refractivity (Wildman–Crippen MR) is 109 cm³/mol. The Kier molecular flexibility index (Phi) is 6.32. The maximum absolute atomic E-state index is 12.2. The van der Waals surface area contributed by atoms with Crippen LogP contribution in [0.4, 0.5) is 0 Å². The third-order valence-electron chi connectivity index (χ3n) is 4.51. The Hall–Kier alpha value is -2.56. The highest BCUT2D eigenvalue weighted by Crippen LogP contribution is 2.21. The van der Waals surface area contributed by atoms with Crippen LogP contribution in [-0.2, 0) is 17.9 Å². The quantitative estimate of drug-likeness (QED) is 0.658. The summed E-state index contributed by atoms with van der Waals surface area (Å²) in [6, 6.07) is 20.0. The third-order valence-corrected chi connectivity index (χ3v) is 4.88. The first-order valence-corrected chi connectivity index (χ1v) is 9.31. The van der Waals surface area contributed by atoms with Crippen LogP contribution in [0.2, 0.25) is 5.02 Å². The lowest BCUT2D eigenvalue weighted by Gasteiger charge is -2.15. The molecule has 4 nitrogen and oxygen atoms in total. The maximum atomic E-state index is 12.2. The zero-order valence-corrected chi connectivity index (χ0v) is 16.3. The van der Waals surface area contributed by atoms with Gasteiger partial charge >= 0.3 is 0 Å². The molecule has 140 valence electrons. The standard InChI is InChI=1S/C22H23ClN2O2/c1-25(15-22(26)24-13-19-5-3-4-6-21(19)23)14-16-7-8-18-12-20(27-2)10-9-17(18)11-16/h3-12H,13-15H2,1-2H3,(H,24,26)/p+1. The van der Waals surface area contributed by atoms with Crippen molar-refractivity contribution < 1.29 is 14.4 Å². The predicted octanol–water partition coefficient (Wildman–Crippen LogP) is 2.83. The van der Waals surface area contributed by atoms with Crippen LogP contribution in [0.1, 0.15) is 11.1 Å². The van der Waals surface area contributed by atoms with Crippen LogP contribution < -0.4 is 15.0 Å². The van der Waals surface area contributed by atoms with Crippen LogP contribution in [0.3, 0.4) is 0 Å². The second kappa shape index (κ2) is 8.89. The summed E-state index contributed by atoms with van der Waals surface area (Å²) in [4.78, 5) is 13.3. The molecular formula is C22H24ClN2O2+. The number of benzene rings is 3. The molecule has 0 fully saturated rings. The molecule has 1 amide bonds. The van der Waals surface area contributed by atoms with E-state index in [-0.39, 0.29) is 5.91 Å². The van der Waals surface area contributed by atoms with Crippen molar-refractivity contribution in [3.05, 3.63) is 76.8 Å². The number of likely N-dealkylation sites (N-methyl/N-ethyl adjacent to an activating group) is 1. The Morgan fingerprint density at radius 3 is 2.59 bits per heavy atom. The molecule has 1 unspecified atom stereocenters. The molecule has 0 aliphatic heterocycles. The average Bonchev–Trinajstić information content (AvgIpc) is 2.66. The fraction of sp³-hybridized carbons (Fsp3) is 0.227. The van der Waals surface area contributed by atoms with Gasteiger partial charge in [0, 0.05) is 17.1 Å². The largest absolute Gasteiger partial charge is 0.497 e. The van der Waals surface area contributed by atoms with Gasteiger partial charge in [-0.15, -0.1) is 0 Å². The van der Waals surface area contributed by atoms with Crippen molar-refractivity contribution in [2.24, 2.45) is 0 Å². The fourth-order valence-electron chi connectivity index (χ4n) is 3.09. The SMILES string of the molecule is COc1ccc2cc(C[NH+](C)CC(=O)NCc3ccccc3Cl)ccc2c1. The van der Waals surface area contributed by atoms with E-state index in [0.29, 0.717) is 18.1 Å². The summed E-state index contributed by atoms with van der Waals surface area (Å²) in [6.07, 6.45) is 0. The smallest absolute Gasteiger partial charge is 0.275 e. The highest BCUT2D eigenvalue weighted by atomic mass is 35.5. The van der Waals surface area contributed by atoms with E-state index in [1.807, 2.05) is 43.4 Å². The van der Waals surface area contributed by atoms with Gasteiger partial charge in [-0.05, 0) is 40.6 Å². The molecule has 0 saturated carbocycles. The van der Waals surface area contributed by atoms with Crippen molar-refractivity contribution in [2.75, 3.05) is 20.7 Å². The lowest BCUT2D eigenvalue weighted by atomic mass is 10.1. The van der Waals surface area contributed by atoms with E-state index in [9.17, 15) is 4.79 Å². The number of rotatable bonds is 7. The summed E-state index contributed by atoms with van der Waals surface area (Å²) in [6.45, 7) is 1.64. The minimum atomic E-state index is 0.0120. The summed E-state index contributed by atoms with van der Waals surface area (Å²) in [7, 11) is 3.69. The first-order chi connectivity index (χ1) is 13.0. The van der Waals surface area contributed by atoms with Crippen molar-refractivity contribution in [3.8, 4) is 5.75 Å². The van der Waals surface area contributed by atoms with Crippen molar-refractivity contribution in [3.63, 3.8) is 0 Å². The Morgan fingerprint density at radius 1 is 1.07 bits per heavy atom. The van der Waals surface area contributed by atoms with E-state index >= 15 is 0 Å². The average molecular weight is 384 g/mol. The molecule has 1 atom stereocenters. The summed E-state index contributed by atoms with van der Waals surface area (Å²) in [5.41, 5.74) is 2.12. The molecule has 0 heterocycles. The number of quaternary nitrogens is 1. The molecule has 0 aliphatic rings. The van der Waals surface area contributed by atoms with Crippen LogP contribution in [0, 0.1) is 0 Å². The molecule has 5 heteroatoms. The van der Waals surface area contributed by atoms with Crippen LogP contribution in [0.5, 0.6) is 5.75 Å². The van der Waals surface area contributed by atoms with Crippen molar-refractivity contribution in [1.82, 2.24) is 5.32 Å². The molecule has 2 N–H and O–H groups in total. The zero-order chi connectivity index (χ0) is 19.2. The number of methoxy groups -OCH3 is 1. The molecule has 0 aliphatic carbocycles. The van der Waals surface area contributed by atoms with Crippen LogP contribution >= 0.6 is 11.6 Å². The molecule has 0 saturated heterocycles. The number of hydrogen-bond acceptors (Lipinski definition) is 2. The highest BCUT2D eigenvalue weighted by molar-refractivity contribution is 6.31. The lowest BCUT2D eigenvalue weighted by molar-refractivity contribution is -0.885. The van der Waals surface area contributed by atoms with Crippen molar-refractivity contribution in [1.29, 1.82) is 0 Å². The lowest BCUT2D eigenvalue weighted by Crippen LogP contribution is -3.08. The number of amides is 1. The molecule has 0 bridgehead atoms. The van der Waals surface area contributed by atoms with Gasteiger partial charge in [0.05, 0.1) is 14.2 Å². The Labute approximate surface area is 164 Å². The van der Waals surface area contributed by atoms with E-state index in [2.05, 4.69) is 29.6 Å². The molecule has 27 heavy (non-hydrogen) atoms. The molecule has 3 aromatic rings. The fourth-order valence-corrected chi connectivity index (χ4v) is 3.30. The Morgan fingerprint density at radius 2 is 1.81 bits per heavy atom. The van der Waals surface area contributed by atoms with Gasteiger partial charge in [0.2, 0.25) is 0 Å². The number of fused-ring (bicyclic) bond motifs is 1. The first-order valence-electron chi connectivity index (χ1n) is 8.93. The Balaban J connectivity index is 1.55. The van der Waals surface area contributed by atoms with Crippen molar-refractivity contribution >= 4 is 28.3 Å². The second-order valence-electron chi connectivity index (χ2n) is 6.73. The van der Waals surface area contributed by atoms with Gasteiger partial charge in [0.25, 0.3) is 5.91 Å². The highest BCUT2D eigenvalue weighted by Gasteiger charge is 2.11. The van der Waals surface area contributed by atoms with Crippen LogP contribution in [0.15, 0.2) is 60.7 Å². The number of carbonyl (C=O) groups is 1. The third kappa shape index (κ3) is 5.22. The number of ether oxygens (including phenoxy) is 1. The maximum Gasteiger partial charge on any atom is 0.275 e. The number of hydrogen-bond donors (Lipinski definition) is 2. The summed E-state index contributed by atoms with van der Waals surface area (Å²) in [5.74, 6) is 0.867. The molecule has 3 rings (SSSR count). The van der Waals surface area contributed by atoms with Crippen LogP contribution in [-0.4, -0.2) is 26.6 Å². The molecular weight excluding hydrogens is 360 g/mol. The number of carbonyl (C=O) groups excluding carboxylic acids is 1. The topological polar surface area (TPSA) is 42.8 Å². The minimum absolute atomic E-state index is 0.0120. The van der Waals surface area contributed by atoms with Gasteiger partial charge in [-0.25, -0.2) is 0 Å². The van der Waals surface area contributed by atoms with Gasteiger partial charge in [-0.3, -0.25) is 4.79 Å². The van der Waals surface area contributed by atoms with E-state index in [1.165, 1.54) is 10.9 Å². The van der Waals surface area contributed by atoms with Gasteiger partial charge < -0.3 is 15.0 Å². The monoisotopic (exact) mass is 383 g/mol. The van der Waals surface area contributed by atoms with Crippen LogP contribution in [0.25, 0.3) is 10.8 Å². The summed E-state index contributed by atoms with van der Waals surface area (Å²) >= 11 is 6.12. The van der Waals surface area contributed by atoms with Gasteiger partial charge in [-0.2, -0.15) is 0 Å². The van der Waals surface area contributed by atoms with Gasteiger partial charge in [-0.1, -0.05) is 48.0 Å². The molecule has 0 aromatic heterocycles. The van der Waals surface area contributed by atoms with Crippen molar-refractivity contribution in [2.45, 2.75) is 13.1 Å². The number of nitrogens with one attached hydrogen (secondary N) is 2. The normalized spacial score (nSPS) is 12.0.